The summed E-state index contributed by atoms with van der Waals surface area (Å²) >= 11 is 0. The van der Waals surface area contributed by atoms with E-state index >= 15 is 0 Å². The largest absolute Gasteiger partial charge is 0.741 e. The first-order valence-electron chi connectivity index (χ1n) is 8.38. The van der Waals surface area contributed by atoms with Crippen molar-refractivity contribution in [3.05, 3.63) is 24.0 Å². The van der Waals surface area contributed by atoms with Crippen LogP contribution in [0.2, 0.25) is 0 Å². The zero-order valence-corrected chi connectivity index (χ0v) is 15.2. The molecule has 0 spiro atoms. The van der Waals surface area contributed by atoms with Crippen molar-refractivity contribution < 1.29 is 31.0 Å². The molecule has 0 saturated carbocycles. The normalized spacial score (nSPS) is 17.4. The Hall–Kier alpha value is -0.860. The maximum Gasteiger partial charge on any atom is 0.485 e. The van der Waals surface area contributed by atoms with Gasteiger partial charge in [0.15, 0.2) is 10.1 Å². The molecular formula is C16H28F3NO3S. The van der Waals surface area contributed by atoms with Crippen LogP contribution in [-0.4, -0.2) is 25.0 Å². The third kappa shape index (κ3) is 10.8. The van der Waals surface area contributed by atoms with Crippen molar-refractivity contribution in [2.75, 3.05) is 6.54 Å². The van der Waals surface area contributed by atoms with Gasteiger partial charge < -0.3 is 4.55 Å². The fourth-order valence-corrected chi connectivity index (χ4v) is 2.26. The SMILES string of the molecule is CCCCCCCC[NH+]1C=CC(CCC)=C1.O=S(=O)([O-])C(F)(F)F. The molecule has 1 N–H and O–H groups in total. The van der Waals surface area contributed by atoms with Gasteiger partial charge in [-0.3, -0.25) is 4.90 Å². The van der Waals surface area contributed by atoms with E-state index in [1.165, 1.54) is 63.5 Å². The summed E-state index contributed by atoms with van der Waals surface area (Å²) in [5, 5.41) is 0. The first kappa shape index (κ1) is 23.1. The molecule has 0 aromatic heterocycles. The van der Waals surface area contributed by atoms with E-state index in [0.717, 1.165) is 0 Å². The summed E-state index contributed by atoms with van der Waals surface area (Å²) in [6.45, 7) is 5.81. The lowest BCUT2D eigenvalue weighted by atomic mass is 10.1. The molecule has 1 unspecified atom stereocenters. The van der Waals surface area contributed by atoms with Gasteiger partial charge in [0.2, 0.25) is 0 Å². The second-order valence-electron chi connectivity index (χ2n) is 5.80. The second kappa shape index (κ2) is 11.7. The zero-order chi connectivity index (χ0) is 18.6. The Kier molecular flexibility index (Phi) is 11.2. The van der Waals surface area contributed by atoms with E-state index in [1.54, 1.807) is 4.90 Å². The third-order valence-corrected chi connectivity index (χ3v) is 4.09. The Bertz CT molecular complexity index is 499. The van der Waals surface area contributed by atoms with E-state index in [2.05, 4.69) is 32.3 Å². The lowest BCUT2D eigenvalue weighted by Gasteiger charge is -2.08. The molecule has 0 aromatic carbocycles. The number of nitrogens with one attached hydrogen (secondary N) is 1. The van der Waals surface area contributed by atoms with Crippen molar-refractivity contribution in [1.29, 1.82) is 0 Å². The third-order valence-electron chi connectivity index (χ3n) is 3.52. The van der Waals surface area contributed by atoms with Crippen LogP contribution in [-0.2, 0) is 10.1 Å². The smallest absolute Gasteiger partial charge is 0.485 e. The quantitative estimate of drug-likeness (QED) is 0.383. The molecule has 0 aromatic rings. The van der Waals surface area contributed by atoms with Gasteiger partial charge in [-0.25, -0.2) is 8.42 Å². The van der Waals surface area contributed by atoms with Crippen molar-refractivity contribution in [2.24, 2.45) is 0 Å². The van der Waals surface area contributed by atoms with Gasteiger partial charge in [0.05, 0.1) is 12.7 Å². The van der Waals surface area contributed by atoms with E-state index in [4.69, 9.17) is 13.0 Å². The Morgan fingerprint density at radius 1 is 1.04 bits per heavy atom. The van der Waals surface area contributed by atoms with Crippen molar-refractivity contribution in [3.63, 3.8) is 0 Å². The Labute approximate surface area is 143 Å². The van der Waals surface area contributed by atoms with Gasteiger partial charge in [-0.05, 0) is 19.3 Å². The topological polar surface area (TPSA) is 61.6 Å². The van der Waals surface area contributed by atoms with Gasteiger partial charge in [-0.15, -0.1) is 0 Å². The Morgan fingerprint density at radius 2 is 1.58 bits per heavy atom. The summed E-state index contributed by atoms with van der Waals surface area (Å²) in [6, 6.07) is 0. The summed E-state index contributed by atoms with van der Waals surface area (Å²) in [5.41, 5.74) is -4.11. The molecule has 1 heterocycles. The number of halogens is 3. The highest BCUT2D eigenvalue weighted by Crippen LogP contribution is 2.20. The standard InChI is InChI=1S/C15H27N.CHF3O3S/c1-3-5-6-7-8-9-12-16-13-11-15(14-16)10-4-2;2-1(3,4)8(5,6)7/h11,13-14H,3-10,12H2,1-2H3;(H,5,6,7). The summed E-state index contributed by atoms with van der Waals surface area (Å²) in [5.74, 6) is 0. The lowest BCUT2D eigenvalue weighted by molar-refractivity contribution is -0.788. The molecule has 0 saturated heterocycles. The highest BCUT2D eigenvalue weighted by atomic mass is 32.2. The number of allylic oxidation sites excluding steroid dienone is 2. The van der Waals surface area contributed by atoms with Crippen LogP contribution in [0.1, 0.15) is 65.2 Å². The number of quaternary nitrogens is 1. The van der Waals surface area contributed by atoms with Crippen LogP contribution in [0, 0.1) is 0 Å². The van der Waals surface area contributed by atoms with E-state index in [0.29, 0.717) is 0 Å². The van der Waals surface area contributed by atoms with Gasteiger partial charge in [0, 0.05) is 11.6 Å². The van der Waals surface area contributed by atoms with Crippen LogP contribution >= 0.6 is 0 Å². The monoisotopic (exact) mass is 371 g/mol. The molecule has 24 heavy (non-hydrogen) atoms. The number of rotatable bonds is 9. The number of hydrogen-bond acceptors (Lipinski definition) is 3. The molecule has 0 radical (unpaired) electrons. The maximum atomic E-state index is 10.7. The number of alkyl halides is 3. The predicted molar refractivity (Wildman–Crippen MR) is 87.1 cm³/mol. The van der Waals surface area contributed by atoms with Gasteiger partial charge in [-0.1, -0.05) is 46.0 Å². The number of hydrogen-bond donors (Lipinski definition) is 1. The molecule has 8 heteroatoms. The van der Waals surface area contributed by atoms with Crippen LogP contribution in [0.5, 0.6) is 0 Å². The fraction of sp³-hybridized carbons (Fsp3) is 0.750. The van der Waals surface area contributed by atoms with Crippen LogP contribution in [0.15, 0.2) is 24.0 Å². The summed E-state index contributed by atoms with van der Waals surface area (Å²) in [4.78, 5) is 1.55. The molecule has 0 amide bonds. The van der Waals surface area contributed by atoms with E-state index < -0.39 is 15.6 Å². The minimum Gasteiger partial charge on any atom is -0.741 e. The van der Waals surface area contributed by atoms with Crippen molar-refractivity contribution in [3.8, 4) is 0 Å². The average molecular weight is 371 g/mol. The molecule has 0 aliphatic carbocycles. The van der Waals surface area contributed by atoms with Crippen LogP contribution in [0.25, 0.3) is 0 Å². The van der Waals surface area contributed by atoms with Gasteiger partial charge in [0.1, 0.15) is 6.20 Å². The minimum atomic E-state index is -6.09. The van der Waals surface area contributed by atoms with Crippen molar-refractivity contribution >= 4 is 10.1 Å². The highest BCUT2D eigenvalue weighted by Gasteiger charge is 2.36. The second-order valence-corrected chi connectivity index (χ2v) is 7.17. The van der Waals surface area contributed by atoms with Gasteiger partial charge >= 0.3 is 5.51 Å². The van der Waals surface area contributed by atoms with Gasteiger partial charge in [0.25, 0.3) is 0 Å². The first-order valence-corrected chi connectivity index (χ1v) is 9.79. The molecule has 1 rings (SSSR count). The molecule has 0 fully saturated rings. The molecule has 142 valence electrons. The average Bonchev–Trinajstić information content (AvgIpc) is 2.89. The summed E-state index contributed by atoms with van der Waals surface area (Å²) in [6.07, 6.45) is 17.9. The molecule has 1 aliphatic rings. The Balaban J connectivity index is 0.000000561. The van der Waals surface area contributed by atoms with E-state index in [1.807, 2.05) is 0 Å². The minimum absolute atomic E-state index is 1.25. The maximum absolute atomic E-state index is 10.7. The fourth-order valence-electron chi connectivity index (χ4n) is 2.26. The van der Waals surface area contributed by atoms with Crippen LogP contribution in [0.3, 0.4) is 0 Å². The van der Waals surface area contributed by atoms with Crippen LogP contribution in [0.4, 0.5) is 13.2 Å². The molecule has 1 aliphatic heterocycles. The molecule has 4 nitrogen and oxygen atoms in total. The van der Waals surface area contributed by atoms with Gasteiger partial charge in [-0.2, -0.15) is 13.2 Å². The zero-order valence-electron chi connectivity index (χ0n) is 14.4. The number of unbranched alkanes of at least 4 members (excludes halogenated alkanes) is 5. The van der Waals surface area contributed by atoms with E-state index in [-0.39, 0.29) is 0 Å². The Morgan fingerprint density at radius 3 is 2.08 bits per heavy atom. The van der Waals surface area contributed by atoms with Crippen molar-refractivity contribution in [1.82, 2.24) is 0 Å². The predicted octanol–water partition coefficient (Wildman–Crippen LogP) is 3.49. The van der Waals surface area contributed by atoms with Crippen LogP contribution < -0.4 is 4.90 Å². The molecular weight excluding hydrogens is 343 g/mol. The lowest BCUT2D eigenvalue weighted by Crippen LogP contribution is -3.01. The summed E-state index contributed by atoms with van der Waals surface area (Å²) in [7, 11) is -6.09. The summed E-state index contributed by atoms with van der Waals surface area (Å²) < 4.78 is 58.9. The van der Waals surface area contributed by atoms with Crippen molar-refractivity contribution in [2.45, 2.75) is 70.7 Å². The highest BCUT2D eigenvalue weighted by molar-refractivity contribution is 7.86. The van der Waals surface area contributed by atoms with E-state index in [9.17, 15) is 13.2 Å². The first-order chi connectivity index (χ1) is 11.1. The molecule has 0 bridgehead atoms. The molecule has 1 atom stereocenters.